The van der Waals surface area contributed by atoms with Crippen LogP contribution < -0.4 is 24.8 Å². The van der Waals surface area contributed by atoms with E-state index in [1.807, 2.05) is 66.9 Å². The van der Waals surface area contributed by atoms with Gasteiger partial charge in [0.25, 0.3) is 0 Å². The molecule has 0 unspecified atom stereocenters. The quantitative estimate of drug-likeness (QED) is 0.196. The van der Waals surface area contributed by atoms with E-state index in [9.17, 15) is 0 Å². The number of halogens is 1. The van der Waals surface area contributed by atoms with Crippen LogP contribution in [0.2, 0.25) is 5.02 Å². The van der Waals surface area contributed by atoms with Crippen molar-refractivity contribution in [2.45, 2.75) is 39.3 Å². The molecule has 0 aliphatic carbocycles. The van der Waals surface area contributed by atoms with E-state index < -0.39 is 0 Å². The molecule has 0 aliphatic rings. The lowest BCUT2D eigenvalue weighted by molar-refractivity contribution is 0.414. The maximum atomic E-state index is 6.52. The number of nitrogens with zero attached hydrogens (tertiary/aromatic N) is 2. The van der Waals surface area contributed by atoms with Crippen LogP contribution in [-0.4, -0.2) is 31.3 Å². The van der Waals surface area contributed by atoms with Crippen LogP contribution in [0.3, 0.4) is 0 Å². The maximum absolute atomic E-state index is 6.52. The molecule has 4 rings (SSSR count). The Morgan fingerprint density at radius 2 is 1.36 bits per heavy atom. The number of methoxy groups -OCH3 is 3. The molecule has 4 aromatic rings. The number of hydrogen-bond donors (Lipinski definition) is 2. The first-order chi connectivity index (χ1) is 18.9. The molecule has 39 heavy (non-hydrogen) atoms. The largest absolute Gasteiger partial charge is 0.497 e. The minimum atomic E-state index is 0.299. The molecular weight excluding hydrogens is 512 g/mol. The molecule has 0 saturated heterocycles. The summed E-state index contributed by atoms with van der Waals surface area (Å²) >= 11 is 6.52. The number of rotatable bonds is 12. The van der Waals surface area contributed by atoms with Gasteiger partial charge in [0.15, 0.2) is 0 Å². The van der Waals surface area contributed by atoms with E-state index in [1.165, 1.54) is 5.56 Å². The molecule has 1 heterocycles. The highest BCUT2D eigenvalue weighted by molar-refractivity contribution is 6.32. The van der Waals surface area contributed by atoms with Crippen molar-refractivity contribution in [3.8, 4) is 17.2 Å². The Morgan fingerprint density at radius 3 is 1.90 bits per heavy atom. The minimum Gasteiger partial charge on any atom is -0.497 e. The van der Waals surface area contributed by atoms with Crippen molar-refractivity contribution in [1.29, 1.82) is 0 Å². The number of aromatic nitrogens is 2. The molecule has 0 aliphatic heterocycles. The molecular formula is C31H35ClN4O3. The van der Waals surface area contributed by atoms with Gasteiger partial charge in [-0.25, -0.2) is 4.98 Å². The van der Waals surface area contributed by atoms with Crippen LogP contribution in [0.5, 0.6) is 17.2 Å². The van der Waals surface area contributed by atoms with Crippen molar-refractivity contribution >= 4 is 23.4 Å². The van der Waals surface area contributed by atoms with Crippen molar-refractivity contribution in [2.24, 2.45) is 0 Å². The Balaban J connectivity index is 1.60. The highest BCUT2D eigenvalue weighted by Crippen LogP contribution is 2.34. The Morgan fingerprint density at radius 1 is 0.769 bits per heavy atom. The predicted molar refractivity (Wildman–Crippen MR) is 158 cm³/mol. The van der Waals surface area contributed by atoms with E-state index in [-0.39, 0.29) is 0 Å². The van der Waals surface area contributed by atoms with Gasteiger partial charge in [0, 0.05) is 31.3 Å². The van der Waals surface area contributed by atoms with Gasteiger partial charge in [0.2, 0.25) is 5.95 Å². The van der Waals surface area contributed by atoms with Gasteiger partial charge in [-0.2, -0.15) is 4.98 Å². The second-order valence-corrected chi connectivity index (χ2v) is 9.89. The number of benzene rings is 3. The van der Waals surface area contributed by atoms with E-state index in [0.29, 0.717) is 42.1 Å². The average Bonchev–Trinajstić information content (AvgIpc) is 2.96. The number of ether oxygens (including phenoxy) is 3. The fourth-order valence-electron chi connectivity index (χ4n) is 4.29. The molecule has 2 N–H and O–H groups in total. The van der Waals surface area contributed by atoms with Crippen LogP contribution in [0.15, 0.2) is 66.9 Å². The standard InChI is InChI=1S/C31H35ClN4O3/c1-20(2)27-16-29(39-5)28(32)15-23(27)14-24-19-35-31(34-18-22-8-12-26(38-4)13-9-22)36-30(24)33-17-21-6-10-25(37-3)11-7-21/h6-13,15-16,19-20H,14,17-18H2,1-5H3,(H2,33,34,35,36). The topological polar surface area (TPSA) is 77.5 Å². The highest BCUT2D eigenvalue weighted by atomic mass is 35.5. The van der Waals surface area contributed by atoms with Gasteiger partial charge >= 0.3 is 0 Å². The molecule has 204 valence electrons. The summed E-state index contributed by atoms with van der Waals surface area (Å²) in [7, 11) is 4.96. The van der Waals surface area contributed by atoms with Gasteiger partial charge < -0.3 is 24.8 Å². The second-order valence-electron chi connectivity index (χ2n) is 9.49. The smallest absolute Gasteiger partial charge is 0.224 e. The summed E-state index contributed by atoms with van der Waals surface area (Å²) in [6, 6.07) is 19.9. The van der Waals surface area contributed by atoms with E-state index in [4.69, 9.17) is 30.8 Å². The number of nitrogens with one attached hydrogen (secondary N) is 2. The predicted octanol–water partition coefficient (Wildman–Crippen LogP) is 7.09. The molecule has 7 nitrogen and oxygen atoms in total. The Bertz CT molecular complexity index is 1380. The third kappa shape index (κ3) is 7.33. The summed E-state index contributed by atoms with van der Waals surface area (Å²) in [4.78, 5) is 9.49. The molecule has 0 saturated carbocycles. The first kappa shape index (κ1) is 28.0. The fourth-order valence-corrected chi connectivity index (χ4v) is 4.55. The zero-order valence-corrected chi connectivity index (χ0v) is 23.8. The lowest BCUT2D eigenvalue weighted by atomic mass is 9.93. The molecule has 0 radical (unpaired) electrons. The van der Waals surface area contributed by atoms with E-state index in [2.05, 4.69) is 29.5 Å². The second kappa shape index (κ2) is 13.2. The van der Waals surface area contributed by atoms with Crippen LogP contribution in [0.1, 0.15) is 47.6 Å². The fraction of sp³-hybridized carbons (Fsp3) is 0.290. The van der Waals surface area contributed by atoms with Gasteiger partial charge in [-0.15, -0.1) is 0 Å². The van der Waals surface area contributed by atoms with Crippen LogP contribution >= 0.6 is 11.6 Å². The van der Waals surface area contributed by atoms with Crippen LogP contribution in [-0.2, 0) is 19.5 Å². The molecule has 8 heteroatoms. The SMILES string of the molecule is COc1ccc(CNc2ncc(Cc3cc(Cl)c(OC)cc3C(C)C)c(NCc3ccc(OC)cc3)n2)cc1. The maximum Gasteiger partial charge on any atom is 0.224 e. The van der Waals surface area contributed by atoms with E-state index >= 15 is 0 Å². The van der Waals surface area contributed by atoms with Gasteiger partial charge in [-0.05, 0) is 64.6 Å². The summed E-state index contributed by atoms with van der Waals surface area (Å²) in [5.74, 6) is 3.93. The van der Waals surface area contributed by atoms with Gasteiger partial charge in [0.1, 0.15) is 23.1 Å². The Hall–Kier alpha value is -3.97. The summed E-state index contributed by atoms with van der Waals surface area (Å²) in [5, 5.41) is 7.45. The van der Waals surface area contributed by atoms with Crippen LogP contribution in [0, 0.1) is 0 Å². The molecule has 1 aromatic heterocycles. The van der Waals surface area contributed by atoms with Crippen molar-refractivity contribution in [3.63, 3.8) is 0 Å². The zero-order valence-electron chi connectivity index (χ0n) is 23.0. The number of anilines is 2. The number of hydrogen-bond acceptors (Lipinski definition) is 7. The van der Waals surface area contributed by atoms with Gasteiger partial charge in [-0.1, -0.05) is 49.7 Å². The minimum absolute atomic E-state index is 0.299. The van der Waals surface area contributed by atoms with Crippen LogP contribution in [0.4, 0.5) is 11.8 Å². The van der Waals surface area contributed by atoms with Crippen molar-refractivity contribution in [3.05, 3.63) is 99.7 Å². The van der Waals surface area contributed by atoms with Crippen molar-refractivity contribution in [1.82, 2.24) is 9.97 Å². The van der Waals surface area contributed by atoms with Crippen molar-refractivity contribution < 1.29 is 14.2 Å². The third-order valence-electron chi connectivity index (χ3n) is 6.51. The van der Waals surface area contributed by atoms with Gasteiger partial charge in [-0.3, -0.25) is 0 Å². The zero-order chi connectivity index (χ0) is 27.8. The highest BCUT2D eigenvalue weighted by Gasteiger charge is 2.16. The molecule has 3 aromatic carbocycles. The lowest BCUT2D eigenvalue weighted by Crippen LogP contribution is -2.11. The summed E-state index contributed by atoms with van der Waals surface area (Å²) in [6.45, 7) is 5.52. The molecule has 0 atom stereocenters. The first-order valence-corrected chi connectivity index (χ1v) is 13.2. The van der Waals surface area contributed by atoms with Crippen molar-refractivity contribution in [2.75, 3.05) is 32.0 Å². The molecule has 0 amide bonds. The average molecular weight is 547 g/mol. The Labute approximate surface area is 235 Å². The molecule has 0 bridgehead atoms. The lowest BCUT2D eigenvalue weighted by Gasteiger charge is -2.18. The molecule has 0 spiro atoms. The first-order valence-electron chi connectivity index (χ1n) is 12.9. The summed E-state index contributed by atoms with van der Waals surface area (Å²) in [5.41, 5.74) is 5.49. The summed E-state index contributed by atoms with van der Waals surface area (Å²) < 4.78 is 16.0. The molecule has 0 fully saturated rings. The van der Waals surface area contributed by atoms with E-state index in [0.717, 1.165) is 39.6 Å². The third-order valence-corrected chi connectivity index (χ3v) is 6.81. The van der Waals surface area contributed by atoms with E-state index in [1.54, 1.807) is 21.3 Å². The monoisotopic (exact) mass is 546 g/mol. The Kier molecular flexibility index (Phi) is 9.49. The van der Waals surface area contributed by atoms with Gasteiger partial charge in [0.05, 0.1) is 26.4 Å². The normalized spacial score (nSPS) is 10.8. The van der Waals surface area contributed by atoms with Crippen LogP contribution in [0.25, 0.3) is 0 Å². The summed E-state index contributed by atoms with van der Waals surface area (Å²) in [6.07, 6.45) is 2.50.